The molecule has 20 heavy (non-hydrogen) atoms. The van der Waals surface area contributed by atoms with Gasteiger partial charge in [0.2, 0.25) is 5.78 Å². The Kier molecular flexibility index (Phi) is 3.60. The summed E-state index contributed by atoms with van der Waals surface area (Å²) in [7, 11) is 0. The Morgan fingerprint density at radius 2 is 2.15 bits per heavy atom. The lowest BCUT2D eigenvalue weighted by molar-refractivity contribution is 0.0926. The number of H-pyrrole nitrogens is 1. The minimum absolute atomic E-state index is 0.0168. The van der Waals surface area contributed by atoms with Crippen LogP contribution in [0.1, 0.15) is 9.67 Å². The molecule has 0 spiro atoms. The molecule has 0 aliphatic rings. The standard InChI is InChI=1S/C15H12N2O2S/c18-13(15-6-3-7-20-15)9-19-14-5-2-1-4-11(14)12-8-16-10-17-12/h1-8,10H,9H2,(H,16,17). The number of hydrogen-bond donors (Lipinski definition) is 1. The van der Waals surface area contributed by atoms with Crippen molar-refractivity contribution in [1.29, 1.82) is 0 Å². The summed E-state index contributed by atoms with van der Waals surface area (Å²) in [5, 5.41) is 1.88. The second-order valence-electron chi connectivity index (χ2n) is 4.14. The molecule has 1 N–H and O–H groups in total. The fraction of sp³-hybridized carbons (Fsp3) is 0.0667. The molecule has 4 nitrogen and oxygen atoms in total. The maximum Gasteiger partial charge on any atom is 0.210 e. The van der Waals surface area contributed by atoms with Crippen molar-refractivity contribution in [2.75, 3.05) is 6.61 Å². The van der Waals surface area contributed by atoms with Crippen LogP contribution in [0, 0.1) is 0 Å². The van der Waals surface area contributed by atoms with Gasteiger partial charge in [0.05, 0.1) is 16.9 Å². The number of imidazole rings is 1. The van der Waals surface area contributed by atoms with E-state index < -0.39 is 0 Å². The zero-order valence-electron chi connectivity index (χ0n) is 10.6. The number of ketones is 1. The number of thiophene rings is 1. The van der Waals surface area contributed by atoms with Crippen molar-refractivity contribution >= 4 is 17.1 Å². The van der Waals surface area contributed by atoms with Crippen molar-refractivity contribution in [1.82, 2.24) is 9.97 Å². The van der Waals surface area contributed by atoms with Gasteiger partial charge in [-0.15, -0.1) is 11.3 Å². The molecule has 0 aliphatic carbocycles. The third-order valence-corrected chi connectivity index (χ3v) is 3.73. The Balaban J connectivity index is 1.77. The topological polar surface area (TPSA) is 55.0 Å². The van der Waals surface area contributed by atoms with Gasteiger partial charge in [-0.3, -0.25) is 4.79 Å². The molecule has 0 amide bonds. The second-order valence-corrected chi connectivity index (χ2v) is 5.09. The van der Waals surface area contributed by atoms with E-state index in [2.05, 4.69) is 9.97 Å². The van der Waals surface area contributed by atoms with Crippen LogP contribution in [0.2, 0.25) is 0 Å². The summed E-state index contributed by atoms with van der Waals surface area (Å²) in [6.07, 6.45) is 3.41. The Morgan fingerprint density at radius 3 is 2.90 bits per heavy atom. The molecule has 1 aromatic carbocycles. The molecule has 0 saturated carbocycles. The third kappa shape index (κ3) is 2.62. The van der Waals surface area contributed by atoms with Crippen LogP contribution in [0.15, 0.2) is 54.3 Å². The van der Waals surface area contributed by atoms with Gasteiger partial charge in [0.25, 0.3) is 0 Å². The van der Waals surface area contributed by atoms with Crippen molar-refractivity contribution in [2.24, 2.45) is 0 Å². The molecule has 0 radical (unpaired) electrons. The number of aromatic nitrogens is 2. The van der Waals surface area contributed by atoms with Crippen molar-refractivity contribution in [2.45, 2.75) is 0 Å². The number of Topliss-reactive ketones (excluding diaryl/α,β-unsaturated/α-hetero) is 1. The highest BCUT2D eigenvalue weighted by Crippen LogP contribution is 2.28. The zero-order chi connectivity index (χ0) is 13.8. The fourth-order valence-electron chi connectivity index (χ4n) is 1.86. The van der Waals surface area contributed by atoms with Gasteiger partial charge in [-0.05, 0) is 23.6 Å². The van der Waals surface area contributed by atoms with Crippen LogP contribution in [-0.4, -0.2) is 22.4 Å². The summed E-state index contributed by atoms with van der Waals surface area (Å²) < 4.78 is 5.65. The summed E-state index contributed by atoms with van der Waals surface area (Å²) in [6.45, 7) is 0.0297. The van der Waals surface area contributed by atoms with Crippen LogP contribution in [0.25, 0.3) is 11.3 Å². The Hall–Kier alpha value is -2.40. The average Bonchev–Trinajstić information content (AvgIpc) is 3.17. The van der Waals surface area contributed by atoms with Crippen LogP contribution >= 0.6 is 11.3 Å². The predicted octanol–water partition coefficient (Wildman–Crippen LogP) is 3.40. The summed E-state index contributed by atoms with van der Waals surface area (Å²) in [5.41, 5.74) is 1.66. The molecular weight excluding hydrogens is 272 g/mol. The normalized spacial score (nSPS) is 10.4. The molecule has 3 aromatic rings. The van der Waals surface area contributed by atoms with E-state index in [9.17, 15) is 4.79 Å². The van der Waals surface area contributed by atoms with E-state index in [0.29, 0.717) is 10.6 Å². The van der Waals surface area contributed by atoms with E-state index in [4.69, 9.17) is 4.74 Å². The molecule has 0 bridgehead atoms. The van der Waals surface area contributed by atoms with Crippen LogP contribution in [0.5, 0.6) is 5.75 Å². The molecule has 0 saturated heterocycles. The van der Waals surface area contributed by atoms with Gasteiger partial charge in [0.15, 0.2) is 6.61 Å². The number of ether oxygens (including phenoxy) is 1. The lowest BCUT2D eigenvalue weighted by Gasteiger charge is -2.08. The lowest BCUT2D eigenvalue weighted by atomic mass is 10.1. The third-order valence-electron chi connectivity index (χ3n) is 2.82. The van der Waals surface area contributed by atoms with Gasteiger partial charge < -0.3 is 9.72 Å². The van der Waals surface area contributed by atoms with Crippen LogP contribution in [0.3, 0.4) is 0 Å². The first-order chi connectivity index (χ1) is 9.84. The molecular formula is C15H12N2O2S. The number of aromatic amines is 1. The summed E-state index contributed by atoms with van der Waals surface area (Å²) in [4.78, 5) is 19.8. The van der Waals surface area contributed by atoms with E-state index in [1.807, 2.05) is 35.7 Å². The number of carbonyl (C=O) groups excluding carboxylic acids is 1. The van der Waals surface area contributed by atoms with Crippen LogP contribution in [0.4, 0.5) is 0 Å². The first kappa shape index (κ1) is 12.6. The smallest absolute Gasteiger partial charge is 0.210 e. The number of benzene rings is 1. The van der Waals surface area contributed by atoms with Gasteiger partial charge in [-0.2, -0.15) is 0 Å². The first-order valence-electron chi connectivity index (χ1n) is 6.12. The maximum absolute atomic E-state index is 11.9. The predicted molar refractivity (Wildman–Crippen MR) is 78.2 cm³/mol. The highest BCUT2D eigenvalue weighted by atomic mass is 32.1. The minimum atomic E-state index is -0.0168. The quantitative estimate of drug-likeness (QED) is 0.731. The Morgan fingerprint density at radius 1 is 1.25 bits per heavy atom. The van der Waals surface area contributed by atoms with E-state index in [0.717, 1.165) is 11.3 Å². The zero-order valence-corrected chi connectivity index (χ0v) is 11.4. The Bertz CT molecular complexity index is 691. The average molecular weight is 284 g/mol. The summed E-state index contributed by atoms with van der Waals surface area (Å²) >= 11 is 1.42. The van der Waals surface area contributed by atoms with E-state index >= 15 is 0 Å². The molecule has 2 aromatic heterocycles. The number of hydrogen-bond acceptors (Lipinski definition) is 4. The van der Waals surface area contributed by atoms with Gasteiger partial charge in [0.1, 0.15) is 5.75 Å². The largest absolute Gasteiger partial charge is 0.485 e. The molecule has 2 heterocycles. The van der Waals surface area contributed by atoms with Gasteiger partial charge in [0, 0.05) is 11.8 Å². The number of nitrogens with one attached hydrogen (secondary N) is 1. The Labute approximate surface area is 120 Å². The molecule has 100 valence electrons. The molecule has 0 atom stereocenters. The van der Waals surface area contributed by atoms with Crippen molar-refractivity contribution in [3.63, 3.8) is 0 Å². The molecule has 0 aliphatic heterocycles. The molecule has 0 fully saturated rings. The molecule has 3 rings (SSSR count). The summed E-state index contributed by atoms with van der Waals surface area (Å²) in [5.74, 6) is 0.640. The number of para-hydroxylation sites is 1. The number of carbonyl (C=O) groups is 1. The lowest BCUT2D eigenvalue weighted by Crippen LogP contribution is -2.10. The highest BCUT2D eigenvalue weighted by Gasteiger charge is 2.11. The van der Waals surface area contributed by atoms with Crippen LogP contribution in [-0.2, 0) is 0 Å². The first-order valence-corrected chi connectivity index (χ1v) is 7.00. The minimum Gasteiger partial charge on any atom is -0.485 e. The van der Waals surface area contributed by atoms with Gasteiger partial charge in [-0.1, -0.05) is 18.2 Å². The van der Waals surface area contributed by atoms with Gasteiger partial charge in [-0.25, -0.2) is 4.98 Å². The van der Waals surface area contributed by atoms with Gasteiger partial charge >= 0.3 is 0 Å². The van der Waals surface area contributed by atoms with E-state index in [1.165, 1.54) is 11.3 Å². The maximum atomic E-state index is 11.9. The van der Waals surface area contributed by atoms with Crippen LogP contribution < -0.4 is 4.74 Å². The SMILES string of the molecule is O=C(COc1ccccc1-c1c[nH]cn1)c1cccs1. The number of nitrogens with zero attached hydrogens (tertiary/aromatic N) is 1. The van der Waals surface area contributed by atoms with Crippen molar-refractivity contribution < 1.29 is 9.53 Å². The van der Waals surface area contributed by atoms with E-state index in [-0.39, 0.29) is 12.4 Å². The van der Waals surface area contributed by atoms with E-state index in [1.54, 1.807) is 18.6 Å². The molecule has 0 unspecified atom stereocenters. The molecule has 5 heteroatoms. The van der Waals surface area contributed by atoms with Crippen molar-refractivity contribution in [3.05, 3.63) is 59.2 Å². The monoisotopic (exact) mass is 284 g/mol. The fourth-order valence-corrected chi connectivity index (χ4v) is 2.51. The van der Waals surface area contributed by atoms with Crippen molar-refractivity contribution in [3.8, 4) is 17.0 Å². The second kappa shape index (κ2) is 5.71. The number of rotatable bonds is 5. The highest BCUT2D eigenvalue weighted by molar-refractivity contribution is 7.12. The summed E-state index contributed by atoms with van der Waals surface area (Å²) in [6, 6.07) is 11.2.